The average Bonchev–Trinajstić information content (AvgIpc) is 2.47. The molecule has 3 heteroatoms. The number of fused-ring (bicyclic) bond motifs is 1. The van der Waals surface area contributed by atoms with Gasteiger partial charge < -0.3 is 4.74 Å². The third-order valence-electron chi connectivity index (χ3n) is 3.12. The fourth-order valence-corrected chi connectivity index (χ4v) is 2.89. The zero-order valence-electron chi connectivity index (χ0n) is 10.6. The molecule has 0 aliphatic rings. The van der Waals surface area contributed by atoms with E-state index in [1.807, 2.05) is 30.3 Å². The van der Waals surface area contributed by atoms with E-state index in [-0.39, 0.29) is 0 Å². The molecule has 0 spiro atoms. The molecule has 0 atom stereocenters. The van der Waals surface area contributed by atoms with Crippen LogP contribution in [0.4, 0.5) is 0 Å². The summed E-state index contributed by atoms with van der Waals surface area (Å²) in [6.07, 6.45) is 0. The smallest absolute Gasteiger partial charge is 0.132 e. The zero-order chi connectivity index (χ0) is 13.9. The van der Waals surface area contributed by atoms with E-state index in [0.717, 1.165) is 26.9 Å². The van der Waals surface area contributed by atoms with E-state index >= 15 is 0 Å². The van der Waals surface area contributed by atoms with Gasteiger partial charge in [0.05, 0.1) is 0 Å². The third-order valence-corrected chi connectivity index (χ3v) is 4.22. The van der Waals surface area contributed by atoms with Crippen LogP contribution >= 0.6 is 31.9 Å². The molecule has 0 aliphatic heterocycles. The fourth-order valence-electron chi connectivity index (χ4n) is 2.09. The van der Waals surface area contributed by atoms with Crippen LogP contribution in [-0.4, -0.2) is 0 Å². The Morgan fingerprint density at radius 3 is 2.45 bits per heavy atom. The molecule has 3 aromatic rings. The minimum absolute atomic E-state index is 0.767. The summed E-state index contributed by atoms with van der Waals surface area (Å²) in [5, 5.41) is 3.17. The Morgan fingerprint density at radius 1 is 0.850 bits per heavy atom. The minimum Gasteiger partial charge on any atom is -0.457 e. The molecule has 3 aromatic carbocycles. The summed E-state index contributed by atoms with van der Waals surface area (Å²) < 4.78 is 7.04. The van der Waals surface area contributed by atoms with Gasteiger partial charge in [0.1, 0.15) is 11.5 Å². The molecule has 20 heavy (non-hydrogen) atoms. The number of halogens is 2. The van der Waals surface area contributed by atoms with E-state index in [4.69, 9.17) is 4.74 Å². The van der Waals surface area contributed by atoms with E-state index in [0.29, 0.717) is 0 Å². The van der Waals surface area contributed by atoms with E-state index in [1.165, 1.54) is 10.8 Å². The lowest BCUT2D eigenvalue weighted by Gasteiger charge is -2.11. The molecule has 0 radical (unpaired) electrons. The SMILES string of the molecule is BrCc1ccc(Br)cc1Oc1ccc2ccccc2c1. The van der Waals surface area contributed by atoms with Gasteiger partial charge in [-0.2, -0.15) is 0 Å². The van der Waals surface area contributed by atoms with Gasteiger partial charge in [0.2, 0.25) is 0 Å². The van der Waals surface area contributed by atoms with E-state index in [1.54, 1.807) is 0 Å². The lowest BCUT2D eigenvalue weighted by Crippen LogP contribution is -1.89. The van der Waals surface area contributed by atoms with Crippen LogP contribution in [-0.2, 0) is 5.33 Å². The highest BCUT2D eigenvalue weighted by atomic mass is 79.9. The van der Waals surface area contributed by atoms with Gasteiger partial charge in [-0.1, -0.05) is 68.3 Å². The highest BCUT2D eigenvalue weighted by Crippen LogP contribution is 2.31. The Labute approximate surface area is 134 Å². The largest absolute Gasteiger partial charge is 0.457 e. The second-order valence-corrected chi connectivity index (χ2v) is 5.97. The van der Waals surface area contributed by atoms with E-state index in [9.17, 15) is 0 Å². The predicted molar refractivity (Wildman–Crippen MR) is 90.8 cm³/mol. The monoisotopic (exact) mass is 390 g/mol. The number of hydrogen-bond donors (Lipinski definition) is 0. The molecule has 0 bridgehead atoms. The van der Waals surface area contributed by atoms with Crippen LogP contribution in [0.5, 0.6) is 11.5 Å². The van der Waals surface area contributed by atoms with Crippen LogP contribution in [0.1, 0.15) is 5.56 Å². The van der Waals surface area contributed by atoms with E-state index in [2.05, 4.69) is 62.2 Å². The molecule has 0 unspecified atom stereocenters. The Balaban J connectivity index is 1.98. The van der Waals surface area contributed by atoms with Crippen molar-refractivity contribution >= 4 is 42.6 Å². The summed E-state index contributed by atoms with van der Waals surface area (Å²) in [6.45, 7) is 0. The van der Waals surface area contributed by atoms with Crippen molar-refractivity contribution in [3.63, 3.8) is 0 Å². The number of alkyl halides is 1. The van der Waals surface area contributed by atoms with Gasteiger partial charge in [0, 0.05) is 15.4 Å². The molecule has 0 amide bonds. The van der Waals surface area contributed by atoms with Crippen LogP contribution in [0.3, 0.4) is 0 Å². The normalized spacial score (nSPS) is 10.7. The molecule has 100 valence electrons. The first-order valence-electron chi connectivity index (χ1n) is 6.27. The first-order valence-corrected chi connectivity index (χ1v) is 8.19. The van der Waals surface area contributed by atoms with Crippen LogP contribution < -0.4 is 4.74 Å². The number of benzene rings is 3. The molecule has 0 aliphatic carbocycles. The Bertz CT molecular complexity index is 753. The minimum atomic E-state index is 0.767. The molecular formula is C17H12Br2O. The van der Waals surface area contributed by atoms with Crippen molar-refractivity contribution in [3.8, 4) is 11.5 Å². The molecule has 0 saturated heterocycles. The van der Waals surface area contributed by atoms with Crippen LogP contribution in [0.15, 0.2) is 65.1 Å². The van der Waals surface area contributed by atoms with Crippen molar-refractivity contribution in [2.45, 2.75) is 5.33 Å². The summed E-state index contributed by atoms with van der Waals surface area (Å²) in [6, 6.07) is 20.5. The van der Waals surface area contributed by atoms with E-state index < -0.39 is 0 Å². The molecule has 3 rings (SSSR count). The van der Waals surface area contributed by atoms with Crippen molar-refractivity contribution in [1.82, 2.24) is 0 Å². The zero-order valence-corrected chi connectivity index (χ0v) is 13.8. The van der Waals surface area contributed by atoms with Crippen LogP contribution in [0.2, 0.25) is 0 Å². The maximum Gasteiger partial charge on any atom is 0.132 e. The van der Waals surface area contributed by atoms with Crippen LogP contribution in [0, 0.1) is 0 Å². The quantitative estimate of drug-likeness (QED) is 0.476. The van der Waals surface area contributed by atoms with Gasteiger partial charge in [-0.15, -0.1) is 0 Å². The van der Waals surface area contributed by atoms with Crippen molar-refractivity contribution in [3.05, 3.63) is 70.7 Å². The summed E-state index contributed by atoms with van der Waals surface area (Å²) in [5.41, 5.74) is 1.13. The van der Waals surface area contributed by atoms with Crippen LogP contribution in [0.25, 0.3) is 10.8 Å². The maximum absolute atomic E-state index is 6.03. The standard InChI is InChI=1S/C17H12Br2O/c18-11-14-5-7-15(19)10-17(14)20-16-8-6-12-3-1-2-4-13(12)9-16/h1-10H,11H2. The van der Waals surface area contributed by atoms with Gasteiger partial charge in [0.15, 0.2) is 0 Å². The van der Waals surface area contributed by atoms with Crippen molar-refractivity contribution in [1.29, 1.82) is 0 Å². The van der Waals surface area contributed by atoms with Crippen molar-refractivity contribution < 1.29 is 4.74 Å². The van der Waals surface area contributed by atoms with Crippen molar-refractivity contribution in [2.24, 2.45) is 0 Å². The van der Waals surface area contributed by atoms with Gasteiger partial charge in [-0.05, 0) is 35.0 Å². The van der Waals surface area contributed by atoms with Gasteiger partial charge in [-0.25, -0.2) is 0 Å². The summed E-state index contributed by atoms with van der Waals surface area (Å²) in [4.78, 5) is 0. The average molecular weight is 392 g/mol. The second kappa shape index (κ2) is 5.98. The Kier molecular flexibility index (Phi) is 4.08. The maximum atomic E-state index is 6.03. The number of hydrogen-bond acceptors (Lipinski definition) is 1. The Morgan fingerprint density at radius 2 is 1.65 bits per heavy atom. The summed E-state index contributed by atoms with van der Waals surface area (Å²) >= 11 is 6.97. The molecule has 0 N–H and O–H groups in total. The van der Waals surface area contributed by atoms with Gasteiger partial charge in [0.25, 0.3) is 0 Å². The summed E-state index contributed by atoms with van der Waals surface area (Å²) in [7, 11) is 0. The first-order chi connectivity index (χ1) is 9.76. The number of rotatable bonds is 3. The molecular weight excluding hydrogens is 380 g/mol. The second-order valence-electron chi connectivity index (χ2n) is 4.50. The Hall–Kier alpha value is -1.32. The highest BCUT2D eigenvalue weighted by molar-refractivity contribution is 9.10. The summed E-state index contributed by atoms with van der Waals surface area (Å²) in [5.74, 6) is 1.72. The lowest BCUT2D eigenvalue weighted by atomic mass is 10.1. The van der Waals surface area contributed by atoms with Gasteiger partial charge >= 0.3 is 0 Å². The highest BCUT2D eigenvalue weighted by Gasteiger charge is 2.05. The predicted octanol–water partition coefficient (Wildman–Crippen LogP) is 6.29. The molecule has 0 heterocycles. The lowest BCUT2D eigenvalue weighted by molar-refractivity contribution is 0.479. The topological polar surface area (TPSA) is 9.23 Å². The first kappa shape index (κ1) is 13.7. The van der Waals surface area contributed by atoms with Crippen molar-refractivity contribution in [2.75, 3.05) is 0 Å². The molecule has 0 fully saturated rings. The molecule has 0 aromatic heterocycles. The third kappa shape index (κ3) is 2.89. The number of ether oxygens (including phenoxy) is 1. The fraction of sp³-hybridized carbons (Fsp3) is 0.0588. The van der Waals surface area contributed by atoms with Gasteiger partial charge in [-0.3, -0.25) is 0 Å². The molecule has 1 nitrogen and oxygen atoms in total. The molecule has 0 saturated carbocycles.